The summed E-state index contributed by atoms with van der Waals surface area (Å²) in [5, 5.41) is 0. The maximum absolute atomic E-state index is 13.7. The van der Waals surface area contributed by atoms with Gasteiger partial charge in [0.05, 0.1) is 28.2 Å². The maximum atomic E-state index is 13.7. The second kappa shape index (κ2) is 9.22. The zero-order valence-electron chi connectivity index (χ0n) is 19.7. The highest BCUT2D eigenvalue weighted by Crippen LogP contribution is 2.36. The Balaban J connectivity index is 1.46. The predicted molar refractivity (Wildman–Crippen MR) is 133 cm³/mol. The first-order valence-electron chi connectivity index (χ1n) is 12.0. The molecule has 0 aromatic heterocycles. The van der Waals surface area contributed by atoms with Crippen molar-refractivity contribution in [3.05, 3.63) is 59.7 Å². The number of sulfone groups is 1. The molecular weight excluding hydrogens is 488 g/mol. The minimum absolute atomic E-state index is 0.0445. The first-order chi connectivity index (χ1) is 16.7. The summed E-state index contributed by atoms with van der Waals surface area (Å²) in [7, 11) is -7.11. The quantitative estimate of drug-likeness (QED) is 0.583. The van der Waals surface area contributed by atoms with Crippen molar-refractivity contribution in [2.75, 3.05) is 29.0 Å². The number of ether oxygens (including phenoxy) is 1. The topological polar surface area (TPSA) is 101 Å². The average Bonchev–Trinajstić information content (AvgIpc) is 3.55. The second-order valence-corrected chi connectivity index (χ2v) is 13.7. The zero-order chi connectivity index (χ0) is 24.8. The molecule has 35 heavy (non-hydrogen) atoms. The summed E-state index contributed by atoms with van der Waals surface area (Å²) in [4.78, 5) is 15.3. The van der Waals surface area contributed by atoms with Crippen LogP contribution in [0.4, 0.5) is 5.69 Å². The van der Waals surface area contributed by atoms with Gasteiger partial charge in [0.1, 0.15) is 0 Å². The highest BCUT2D eigenvalue weighted by atomic mass is 32.2. The van der Waals surface area contributed by atoms with Gasteiger partial charge >= 0.3 is 0 Å². The van der Waals surface area contributed by atoms with Crippen LogP contribution in [-0.2, 0) is 31.0 Å². The van der Waals surface area contributed by atoms with Crippen LogP contribution in [0, 0.1) is 0 Å². The largest absolute Gasteiger partial charge is 0.376 e. The molecule has 3 heterocycles. The van der Waals surface area contributed by atoms with Gasteiger partial charge in [-0.05, 0) is 62.4 Å². The Kier molecular flexibility index (Phi) is 6.39. The fraction of sp³-hybridized carbons (Fsp3) is 0.480. The molecule has 5 rings (SSSR count). The van der Waals surface area contributed by atoms with Gasteiger partial charge in [-0.15, -0.1) is 0 Å². The molecule has 8 nitrogen and oxygen atoms in total. The second-order valence-electron chi connectivity index (χ2n) is 9.66. The standard InChI is InChI=1S/C25H30N2O6S2/c1-18-14-19-6-2-3-10-24(19)27(18)35(31,32)23-9-4-7-20(15-23)25(28)26(16-22-8-5-12-33-22)21-11-13-34(29,30)17-21/h2-4,6-7,9-10,15,18,21-22H,5,8,11-14,16-17H2,1H3/t18-,21+,22-/m1/s1. The predicted octanol–water partition coefficient (Wildman–Crippen LogP) is 2.63. The molecule has 188 valence electrons. The lowest BCUT2D eigenvalue weighted by atomic mass is 10.1. The molecule has 3 aliphatic rings. The van der Waals surface area contributed by atoms with Gasteiger partial charge in [-0.2, -0.15) is 0 Å². The summed E-state index contributed by atoms with van der Waals surface area (Å²) in [6.07, 6.45) is 2.57. The number of benzene rings is 2. The number of amides is 1. The van der Waals surface area contributed by atoms with Crippen molar-refractivity contribution < 1.29 is 26.4 Å². The van der Waals surface area contributed by atoms with E-state index in [1.54, 1.807) is 23.1 Å². The van der Waals surface area contributed by atoms with Crippen LogP contribution >= 0.6 is 0 Å². The fourth-order valence-electron chi connectivity index (χ4n) is 5.40. The lowest BCUT2D eigenvalue weighted by molar-refractivity contribution is 0.0441. The van der Waals surface area contributed by atoms with Crippen molar-refractivity contribution in [3.8, 4) is 0 Å². The van der Waals surface area contributed by atoms with E-state index >= 15 is 0 Å². The van der Waals surface area contributed by atoms with Gasteiger partial charge in [0, 0.05) is 30.8 Å². The van der Waals surface area contributed by atoms with E-state index in [9.17, 15) is 21.6 Å². The molecule has 3 aliphatic heterocycles. The molecule has 0 unspecified atom stereocenters. The smallest absolute Gasteiger partial charge is 0.264 e. The summed E-state index contributed by atoms with van der Waals surface area (Å²) in [5.74, 6) is -0.395. The van der Waals surface area contributed by atoms with Crippen molar-refractivity contribution >= 4 is 31.5 Å². The number of nitrogens with zero attached hydrogens (tertiary/aromatic N) is 2. The molecule has 2 aromatic carbocycles. The normalized spacial score (nSPS) is 25.5. The molecule has 0 saturated carbocycles. The fourth-order valence-corrected chi connectivity index (χ4v) is 8.87. The minimum atomic E-state index is -3.90. The van der Waals surface area contributed by atoms with Crippen LogP contribution in [0.5, 0.6) is 0 Å². The third-order valence-electron chi connectivity index (χ3n) is 7.12. The van der Waals surface area contributed by atoms with Crippen molar-refractivity contribution in [1.29, 1.82) is 0 Å². The Morgan fingerprint density at radius 1 is 1.14 bits per heavy atom. The van der Waals surface area contributed by atoms with Gasteiger partial charge in [-0.3, -0.25) is 9.10 Å². The number of hydrogen-bond acceptors (Lipinski definition) is 6. The Bertz CT molecular complexity index is 1340. The van der Waals surface area contributed by atoms with Gasteiger partial charge < -0.3 is 9.64 Å². The van der Waals surface area contributed by atoms with Crippen molar-refractivity contribution in [3.63, 3.8) is 0 Å². The minimum Gasteiger partial charge on any atom is -0.376 e. The Morgan fingerprint density at radius 2 is 1.94 bits per heavy atom. The van der Waals surface area contributed by atoms with Gasteiger partial charge in [0.15, 0.2) is 9.84 Å². The van der Waals surface area contributed by atoms with E-state index in [0.717, 1.165) is 18.4 Å². The third-order valence-corrected chi connectivity index (χ3v) is 10.8. The van der Waals surface area contributed by atoms with E-state index in [1.165, 1.54) is 16.4 Å². The van der Waals surface area contributed by atoms with E-state index in [1.807, 2.05) is 25.1 Å². The average molecular weight is 519 g/mol. The summed E-state index contributed by atoms with van der Waals surface area (Å²) in [5.41, 5.74) is 1.86. The molecule has 1 amide bonds. The zero-order valence-corrected chi connectivity index (χ0v) is 21.3. The van der Waals surface area contributed by atoms with E-state index in [0.29, 0.717) is 31.7 Å². The third kappa shape index (κ3) is 4.71. The number of rotatable bonds is 6. The van der Waals surface area contributed by atoms with Gasteiger partial charge in [0.2, 0.25) is 0 Å². The molecule has 2 saturated heterocycles. The molecule has 2 aromatic rings. The van der Waals surface area contributed by atoms with Gasteiger partial charge in [-0.1, -0.05) is 24.3 Å². The first kappa shape index (κ1) is 24.3. The Morgan fingerprint density at radius 3 is 2.66 bits per heavy atom. The lowest BCUT2D eigenvalue weighted by Crippen LogP contribution is -2.45. The molecule has 3 atom stereocenters. The summed E-state index contributed by atoms with van der Waals surface area (Å²) >= 11 is 0. The molecular formula is C25H30N2O6S2. The van der Waals surface area contributed by atoms with Crippen LogP contribution in [0.25, 0.3) is 0 Å². The number of para-hydroxylation sites is 1. The van der Waals surface area contributed by atoms with Gasteiger partial charge in [0.25, 0.3) is 15.9 Å². The van der Waals surface area contributed by atoms with Crippen LogP contribution in [0.1, 0.15) is 42.1 Å². The molecule has 0 radical (unpaired) electrons. The molecule has 2 fully saturated rings. The number of fused-ring (bicyclic) bond motifs is 1. The first-order valence-corrected chi connectivity index (χ1v) is 15.3. The molecule has 0 N–H and O–H groups in total. The van der Waals surface area contributed by atoms with E-state index in [-0.39, 0.29) is 40.0 Å². The van der Waals surface area contributed by atoms with E-state index in [4.69, 9.17) is 4.74 Å². The van der Waals surface area contributed by atoms with E-state index < -0.39 is 25.9 Å². The van der Waals surface area contributed by atoms with E-state index in [2.05, 4.69) is 0 Å². The van der Waals surface area contributed by atoms with Gasteiger partial charge in [-0.25, -0.2) is 16.8 Å². The lowest BCUT2D eigenvalue weighted by Gasteiger charge is -2.31. The van der Waals surface area contributed by atoms with Crippen LogP contribution in [0.15, 0.2) is 53.4 Å². The number of carbonyl (C=O) groups excluding carboxylic acids is 1. The molecule has 0 bridgehead atoms. The van der Waals surface area contributed by atoms with Crippen LogP contribution in [0.2, 0.25) is 0 Å². The molecule has 10 heteroatoms. The highest BCUT2D eigenvalue weighted by molar-refractivity contribution is 7.93. The number of hydrogen-bond donors (Lipinski definition) is 0. The Labute approximate surface area is 206 Å². The monoisotopic (exact) mass is 518 g/mol. The Hall–Kier alpha value is -2.43. The molecule has 0 aliphatic carbocycles. The number of sulfonamides is 1. The summed E-state index contributed by atoms with van der Waals surface area (Å²) in [6.45, 7) is 2.79. The summed E-state index contributed by atoms with van der Waals surface area (Å²) in [6, 6.07) is 12.8. The number of anilines is 1. The number of carbonyl (C=O) groups is 1. The highest BCUT2D eigenvalue weighted by Gasteiger charge is 2.38. The van der Waals surface area contributed by atoms with Crippen LogP contribution in [0.3, 0.4) is 0 Å². The van der Waals surface area contributed by atoms with Crippen molar-refractivity contribution in [2.24, 2.45) is 0 Å². The van der Waals surface area contributed by atoms with Crippen LogP contribution in [-0.4, -0.2) is 70.5 Å². The summed E-state index contributed by atoms with van der Waals surface area (Å²) < 4.78 is 58.8. The SMILES string of the molecule is C[C@@H]1Cc2ccccc2N1S(=O)(=O)c1cccc(C(=O)N(C[C@H]2CCCO2)[C@H]2CCS(=O)(=O)C2)c1. The molecule has 0 spiro atoms. The van der Waals surface area contributed by atoms with Crippen molar-refractivity contribution in [1.82, 2.24) is 4.90 Å². The van der Waals surface area contributed by atoms with Crippen molar-refractivity contribution in [2.45, 2.75) is 55.7 Å². The maximum Gasteiger partial charge on any atom is 0.264 e. The van der Waals surface area contributed by atoms with Crippen LogP contribution < -0.4 is 4.31 Å².